The third kappa shape index (κ3) is 2.35. The quantitative estimate of drug-likeness (QED) is 0.295. The number of hydrogen-bond acceptors (Lipinski definition) is 5. The Morgan fingerprint density at radius 2 is 1.50 bits per heavy atom. The monoisotopic (exact) mass is 228 g/mol. The summed E-state index contributed by atoms with van der Waals surface area (Å²) in [6.45, 7) is 7.93. The van der Waals surface area contributed by atoms with Gasteiger partial charge in [0, 0.05) is 19.3 Å². The molecule has 90 valence electrons. The lowest BCUT2D eigenvalue weighted by atomic mass is 9.90. The number of allylic oxidation sites excluding steroid dienone is 1. The summed E-state index contributed by atoms with van der Waals surface area (Å²) < 4.78 is 9.75. The van der Waals surface area contributed by atoms with E-state index in [0.717, 1.165) is 0 Å². The predicted molar refractivity (Wildman–Crippen MR) is 55.4 cm³/mol. The summed E-state index contributed by atoms with van der Waals surface area (Å²) in [5.41, 5.74) is -1.14. The molecule has 16 heavy (non-hydrogen) atoms. The summed E-state index contributed by atoms with van der Waals surface area (Å²) in [6.07, 6.45) is 0. The molecule has 1 rings (SSSR count). The summed E-state index contributed by atoms with van der Waals surface area (Å²) in [5.74, 6) is -3.31. The van der Waals surface area contributed by atoms with Crippen molar-refractivity contribution in [3.8, 4) is 0 Å². The molecule has 0 spiro atoms. The fraction of sp³-hybridized carbons (Fsp3) is 0.636. The summed E-state index contributed by atoms with van der Waals surface area (Å²) >= 11 is 0. The minimum absolute atomic E-state index is 0.321. The van der Waals surface area contributed by atoms with E-state index in [1.54, 1.807) is 20.8 Å². The van der Waals surface area contributed by atoms with Gasteiger partial charge in [0.1, 0.15) is 5.76 Å². The molecule has 0 aromatic heterocycles. The molecule has 0 aromatic rings. The lowest BCUT2D eigenvalue weighted by Crippen LogP contribution is -2.43. The van der Waals surface area contributed by atoms with Crippen molar-refractivity contribution < 1.29 is 24.2 Å². The molecule has 1 heterocycles. The van der Waals surface area contributed by atoms with Crippen LogP contribution in [0.15, 0.2) is 11.3 Å². The van der Waals surface area contributed by atoms with Crippen molar-refractivity contribution in [3.05, 3.63) is 11.3 Å². The van der Waals surface area contributed by atoms with Crippen LogP contribution in [-0.2, 0) is 19.1 Å². The molecule has 5 heteroatoms. The molecule has 0 aliphatic carbocycles. The van der Waals surface area contributed by atoms with Crippen molar-refractivity contribution in [3.63, 3.8) is 0 Å². The SMILES string of the molecule is CC1(C)OC(=O)C(=C(O)C(C)(C)C)C(=O)O1. The van der Waals surface area contributed by atoms with E-state index in [2.05, 4.69) is 0 Å². The average molecular weight is 228 g/mol. The second-order valence-corrected chi connectivity index (χ2v) is 5.15. The highest BCUT2D eigenvalue weighted by Gasteiger charge is 2.42. The molecular formula is C11H16O5. The summed E-state index contributed by atoms with van der Waals surface area (Å²) in [7, 11) is 0. The van der Waals surface area contributed by atoms with Crippen molar-refractivity contribution in [2.45, 2.75) is 40.4 Å². The highest BCUT2D eigenvalue weighted by Crippen LogP contribution is 2.31. The van der Waals surface area contributed by atoms with Crippen molar-refractivity contribution in [1.29, 1.82) is 0 Å². The fourth-order valence-electron chi connectivity index (χ4n) is 1.22. The zero-order valence-electron chi connectivity index (χ0n) is 10.1. The maximum Gasteiger partial charge on any atom is 0.352 e. The first kappa shape index (κ1) is 12.5. The van der Waals surface area contributed by atoms with Gasteiger partial charge in [0.25, 0.3) is 5.79 Å². The van der Waals surface area contributed by atoms with E-state index in [1.807, 2.05) is 0 Å². The van der Waals surface area contributed by atoms with Crippen molar-refractivity contribution in [2.75, 3.05) is 0 Å². The average Bonchev–Trinajstić information content (AvgIpc) is 1.97. The van der Waals surface area contributed by atoms with Gasteiger partial charge in [-0.05, 0) is 0 Å². The Labute approximate surface area is 94.0 Å². The van der Waals surface area contributed by atoms with Gasteiger partial charge in [-0.15, -0.1) is 0 Å². The highest BCUT2D eigenvalue weighted by molar-refractivity contribution is 6.15. The molecule has 0 bridgehead atoms. The van der Waals surface area contributed by atoms with Crippen LogP contribution >= 0.6 is 0 Å². The summed E-state index contributed by atoms with van der Waals surface area (Å²) in [4.78, 5) is 23.1. The van der Waals surface area contributed by atoms with Crippen LogP contribution in [0.4, 0.5) is 0 Å². The Kier molecular flexibility index (Phi) is 2.75. The van der Waals surface area contributed by atoms with E-state index in [0.29, 0.717) is 0 Å². The van der Waals surface area contributed by atoms with E-state index < -0.39 is 28.7 Å². The smallest absolute Gasteiger partial charge is 0.352 e. The van der Waals surface area contributed by atoms with Crippen molar-refractivity contribution in [1.82, 2.24) is 0 Å². The van der Waals surface area contributed by atoms with Gasteiger partial charge in [-0.1, -0.05) is 20.8 Å². The summed E-state index contributed by atoms with van der Waals surface area (Å²) in [5, 5.41) is 9.80. The Balaban J connectivity index is 3.18. The lowest BCUT2D eigenvalue weighted by molar-refractivity contribution is -0.223. The molecule has 0 saturated carbocycles. The van der Waals surface area contributed by atoms with Crippen LogP contribution in [0.25, 0.3) is 0 Å². The summed E-state index contributed by atoms with van der Waals surface area (Å²) in [6, 6.07) is 0. The normalized spacial score (nSPS) is 20.2. The van der Waals surface area contributed by atoms with Gasteiger partial charge in [0.2, 0.25) is 0 Å². The zero-order valence-corrected chi connectivity index (χ0v) is 10.1. The van der Waals surface area contributed by atoms with Gasteiger partial charge in [0.15, 0.2) is 5.57 Å². The molecule has 1 saturated heterocycles. The van der Waals surface area contributed by atoms with Crippen molar-refractivity contribution >= 4 is 11.9 Å². The molecular weight excluding hydrogens is 212 g/mol. The minimum Gasteiger partial charge on any atom is -0.511 e. The number of aliphatic hydroxyl groups is 1. The molecule has 5 nitrogen and oxygen atoms in total. The van der Waals surface area contributed by atoms with Crippen LogP contribution in [-0.4, -0.2) is 22.8 Å². The van der Waals surface area contributed by atoms with E-state index >= 15 is 0 Å². The third-order valence-electron chi connectivity index (χ3n) is 2.03. The van der Waals surface area contributed by atoms with Crippen molar-refractivity contribution in [2.24, 2.45) is 5.41 Å². The first-order valence-electron chi connectivity index (χ1n) is 4.95. The molecule has 1 aliphatic rings. The number of carbonyl (C=O) groups is 2. The van der Waals surface area contributed by atoms with Gasteiger partial charge < -0.3 is 14.6 Å². The molecule has 0 radical (unpaired) electrons. The number of rotatable bonds is 0. The Morgan fingerprint density at radius 3 is 1.81 bits per heavy atom. The Morgan fingerprint density at radius 1 is 1.12 bits per heavy atom. The Bertz CT molecular complexity index is 348. The third-order valence-corrected chi connectivity index (χ3v) is 2.03. The minimum atomic E-state index is -1.28. The highest BCUT2D eigenvalue weighted by atomic mass is 16.7. The maximum atomic E-state index is 11.6. The number of aliphatic hydroxyl groups excluding tert-OH is 1. The van der Waals surface area contributed by atoms with Gasteiger partial charge in [0.05, 0.1) is 0 Å². The fourth-order valence-corrected chi connectivity index (χ4v) is 1.22. The van der Waals surface area contributed by atoms with E-state index in [9.17, 15) is 14.7 Å². The van der Waals surface area contributed by atoms with Crippen LogP contribution in [0.2, 0.25) is 0 Å². The zero-order chi connectivity index (χ0) is 12.7. The standard InChI is InChI=1S/C11H16O5/c1-10(2,3)7(12)6-8(13)15-11(4,5)16-9(6)14/h12H,1-5H3. The number of esters is 2. The second kappa shape index (κ2) is 3.50. The largest absolute Gasteiger partial charge is 0.511 e. The first-order chi connectivity index (χ1) is 7.04. The van der Waals surface area contributed by atoms with Crippen LogP contribution in [0.1, 0.15) is 34.6 Å². The molecule has 0 aromatic carbocycles. The predicted octanol–water partition coefficient (Wildman–Crippen LogP) is 1.68. The van der Waals surface area contributed by atoms with Crippen LogP contribution in [0.3, 0.4) is 0 Å². The molecule has 1 fully saturated rings. The Hall–Kier alpha value is -1.52. The second-order valence-electron chi connectivity index (χ2n) is 5.15. The van der Waals surface area contributed by atoms with E-state index in [-0.39, 0.29) is 5.76 Å². The van der Waals surface area contributed by atoms with E-state index in [4.69, 9.17) is 9.47 Å². The molecule has 1 N–H and O–H groups in total. The van der Waals surface area contributed by atoms with Crippen LogP contribution < -0.4 is 0 Å². The molecule has 0 atom stereocenters. The molecule has 0 unspecified atom stereocenters. The number of hydrogen-bond donors (Lipinski definition) is 1. The topological polar surface area (TPSA) is 72.8 Å². The number of carbonyl (C=O) groups excluding carboxylic acids is 2. The van der Waals surface area contributed by atoms with Crippen LogP contribution in [0, 0.1) is 5.41 Å². The van der Waals surface area contributed by atoms with Crippen LogP contribution in [0.5, 0.6) is 0 Å². The van der Waals surface area contributed by atoms with Gasteiger partial charge >= 0.3 is 11.9 Å². The maximum absolute atomic E-state index is 11.6. The molecule has 0 amide bonds. The van der Waals surface area contributed by atoms with Gasteiger partial charge in [-0.25, -0.2) is 9.59 Å². The van der Waals surface area contributed by atoms with Gasteiger partial charge in [-0.3, -0.25) is 0 Å². The lowest BCUT2D eigenvalue weighted by Gasteiger charge is -2.31. The number of cyclic esters (lactones) is 2. The first-order valence-corrected chi connectivity index (χ1v) is 4.95. The number of ether oxygens (including phenoxy) is 2. The van der Waals surface area contributed by atoms with Gasteiger partial charge in [-0.2, -0.15) is 0 Å². The molecule has 1 aliphatic heterocycles. The van der Waals surface area contributed by atoms with E-state index in [1.165, 1.54) is 13.8 Å².